The van der Waals surface area contributed by atoms with Crippen molar-refractivity contribution < 1.29 is 4.79 Å². The summed E-state index contributed by atoms with van der Waals surface area (Å²) in [7, 11) is -2.53. The number of hydrogen-bond donors (Lipinski definition) is 0. The van der Waals surface area contributed by atoms with Gasteiger partial charge >= 0.3 is 0 Å². The van der Waals surface area contributed by atoms with Crippen LogP contribution in [-0.2, 0) is 6.42 Å². The quantitative estimate of drug-likeness (QED) is 0.289. The number of aryl methyl sites for hydroxylation is 1. The third-order valence-electron chi connectivity index (χ3n) is 8.55. The Morgan fingerprint density at radius 3 is 1.70 bits per heavy atom. The molecule has 2 nitrogen and oxygen atoms in total. The summed E-state index contributed by atoms with van der Waals surface area (Å²) >= 11 is 0. The molecule has 176 valence electrons. The smallest absolute Gasteiger partial charge is 0.185 e. The van der Waals surface area contributed by atoms with E-state index in [-0.39, 0.29) is 5.78 Å². The fraction of sp³-hybridized carbons (Fsp3) is 0.0882. The number of hydrogen-bond acceptors (Lipinski definition) is 2. The molecule has 3 aliphatic rings. The molecule has 37 heavy (non-hydrogen) atoms. The number of nitrogens with zero attached hydrogens (tertiary/aromatic N) is 1. The highest BCUT2D eigenvalue weighted by atomic mass is 28.3. The molecule has 0 atom stereocenters. The lowest BCUT2D eigenvalue weighted by Gasteiger charge is -2.43. The van der Waals surface area contributed by atoms with Crippen LogP contribution in [0.4, 0.5) is 17.1 Å². The maximum absolute atomic E-state index is 12.9. The van der Waals surface area contributed by atoms with Crippen molar-refractivity contribution in [2.45, 2.75) is 19.3 Å². The molecule has 1 spiro atoms. The van der Waals surface area contributed by atoms with Crippen molar-refractivity contribution in [1.82, 2.24) is 0 Å². The summed E-state index contributed by atoms with van der Waals surface area (Å²) < 4.78 is 0. The van der Waals surface area contributed by atoms with E-state index in [0.29, 0.717) is 6.42 Å². The van der Waals surface area contributed by atoms with Crippen LogP contribution in [0.15, 0.2) is 115 Å². The largest absolute Gasteiger partial charge is 0.311 e. The molecule has 0 radical (unpaired) electrons. The summed E-state index contributed by atoms with van der Waals surface area (Å²) in [6.45, 7) is 0. The van der Waals surface area contributed by atoms with Gasteiger partial charge in [0, 0.05) is 29.0 Å². The Morgan fingerprint density at radius 2 is 1.08 bits per heavy atom. The van der Waals surface area contributed by atoms with Crippen LogP contribution < -0.4 is 25.6 Å². The SMILES string of the molecule is O=C1CCCc2ccc(N3c4ccccc4[Si]4(c5ccccc5-c5ccccc54)c4ccccc43)cc21. The van der Waals surface area contributed by atoms with Crippen LogP contribution in [-0.4, -0.2) is 13.9 Å². The Morgan fingerprint density at radius 1 is 0.541 bits per heavy atom. The van der Waals surface area contributed by atoms with Gasteiger partial charge in [-0.2, -0.15) is 0 Å². The predicted molar refractivity (Wildman–Crippen MR) is 155 cm³/mol. The molecular weight excluding hydrogens is 466 g/mol. The molecule has 5 aromatic carbocycles. The first-order chi connectivity index (χ1) is 18.3. The maximum Gasteiger partial charge on any atom is 0.185 e. The Balaban J connectivity index is 1.47. The fourth-order valence-corrected chi connectivity index (χ4v) is 12.6. The number of carbonyl (C=O) groups excluding carboxylic acids is 1. The van der Waals surface area contributed by atoms with Gasteiger partial charge in [0.15, 0.2) is 13.9 Å². The molecule has 0 bridgehead atoms. The Bertz CT molecular complexity index is 1660. The zero-order chi connectivity index (χ0) is 24.6. The molecule has 8 rings (SSSR count). The maximum atomic E-state index is 12.9. The van der Waals surface area contributed by atoms with Gasteiger partial charge in [0.2, 0.25) is 0 Å². The summed E-state index contributed by atoms with van der Waals surface area (Å²) in [5.74, 6) is 0.270. The number of carbonyl (C=O) groups is 1. The van der Waals surface area contributed by atoms with Crippen molar-refractivity contribution in [3.8, 4) is 11.1 Å². The Kier molecular flexibility index (Phi) is 4.32. The average Bonchev–Trinajstić information content (AvgIpc) is 3.25. The molecule has 0 fully saturated rings. The average molecular weight is 492 g/mol. The highest BCUT2D eigenvalue weighted by molar-refractivity contribution is 7.23. The molecule has 2 aliphatic heterocycles. The number of Topliss-reactive ketones (excluding diaryl/α,β-unsaturated/α-hetero) is 1. The van der Waals surface area contributed by atoms with Crippen molar-refractivity contribution in [2.75, 3.05) is 4.90 Å². The number of para-hydroxylation sites is 2. The molecule has 3 heteroatoms. The molecular formula is C34H25NOSi. The standard InChI is InChI=1S/C34H25NOSi/c36-30-15-9-10-23-20-21-24(22-27(23)30)35-28-13-3-7-18-33(28)37(34-19-8-4-14-29(34)35)31-16-5-1-11-25(31)26-12-2-6-17-32(26)37/h1-8,11-14,16-22H,9-10,15H2. The Labute approximate surface area is 217 Å². The van der Waals surface area contributed by atoms with Gasteiger partial charge in [0.1, 0.15) is 0 Å². The molecule has 5 aromatic rings. The molecule has 0 amide bonds. The van der Waals surface area contributed by atoms with E-state index in [0.717, 1.165) is 24.1 Å². The topological polar surface area (TPSA) is 20.3 Å². The van der Waals surface area contributed by atoms with Crippen LogP contribution in [0.5, 0.6) is 0 Å². The highest BCUT2D eigenvalue weighted by Crippen LogP contribution is 2.41. The van der Waals surface area contributed by atoms with E-state index in [2.05, 4.69) is 120 Å². The zero-order valence-corrected chi connectivity index (χ0v) is 21.4. The summed E-state index contributed by atoms with van der Waals surface area (Å²) in [5, 5.41) is 5.76. The van der Waals surface area contributed by atoms with Gasteiger partial charge in [-0.1, -0.05) is 91.0 Å². The van der Waals surface area contributed by atoms with E-state index >= 15 is 0 Å². The third kappa shape index (κ3) is 2.67. The van der Waals surface area contributed by atoms with Crippen molar-refractivity contribution in [3.05, 3.63) is 126 Å². The summed E-state index contributed by atoms with van der Waals surface area (Å²) in [6, 6.07) is 42.5. The predicted octanol–water partition coefficient (Wildman–Crippen LogP) is 5.35. The van der Waals surface area contributed by atoms with Crippen LogP contribution >= 0.6 is 0 Å². The van der Waals surface area contributed by atoms with Crippen molar-refractivity contribution in [1.29, 1.82) is 0 Å². The van der Waals surface area contributed by atoms with Gasteiger partial charge in [-0.25, -0.2) is 0 Å². The van der Waals surface area contributed by atoms with Crippen LogP contribution in [0.1, 0.15) is 28.8 Å². The van der Waals surface area contributed by atoms with E-state index in [9.17, 15) is 4.79 Å². The minimum absolute atomic E-state index is 0.270. The second-order valence-corrected chi connectivity index (χ2v) is 14.0. The van der Waals surface area contributed by atoms with E-state index in [1.807, 2.05) is 0 Å². The van der Waals surface area contributed by atoms with E-state index in [4.69, 9.17) is 0 Å². The number of rotatable bonds is 1. The van der Waals surface area contributed by atoms with Crippen molar-refractivity contribution in [3.63, 3.8) is 0 Å². The Hall–Kier alpha value is -4.21. The van der Waals surface area contributed by atoms with Gasteiger partial charge in [0.25, 0.3) is 0 Å². The summed E-state index contributed by atoms with van der Waals surface area (Å²) in [4.78, 5) is 15.3. The van der Waals surface area contributed by atoms with Gasteiger partial charge < -0.3 is 4.90 Å². The third-order valence-corrected chi connectivity index (χ3v) is 13.5. The number of ketones is 1. The van der Waals surface area contributed by atoms with Crippen molar-refractivity contribution >= 4 is 51.7 Å². The molecule has 0 unspecified atom stereocenters. The first-order valence-electron chi connectivity index (χ1n) is 13.1. The molecule has 1 aliphatic carbocycles. The van der Waals surface area contributed by atoms with E-state index in [1.54, 1.807) is 0 Å². The fourth-order valence-electron chi connectivity index (χ4n) is 7.10. The number of benzene rings is 5. The van der Waals surface area contributed by atoms with E-state index in [1.165, 1.54) is 48.8 Å². The van der Waals surface area contributed by atoms with Crippen LogP contribution in [0, 0.1) is 0 Å². The van der Waals surface area contributed by atoms with Gasteiger partial charge in [-0.15, -0.1) is 0 Å². The van der Waals surface area contributed by atoms with Gasteiger partial charge in [-0.05, 0) is 74.5 Å². The first kappa shape index (κ1) is 20.9. The first-order valence-corrected chi connectivity index (χ1v) is 15.1. The van der Waals surface area contributed by atoms with Crippen LogP contribution in [0.25, 0.3) is 11.1 Å². The van der Waals surface area contributed by atoms with Gasteiger partial charge in [0.05, 0.1) is 0 Å². The molecule has 0 saturated heterocycles. The molecule has 2 heterocycles. The zero-order valence-electron chi connectivity index (χ0n) is 20.4. The summed E-state index contributed by atoms with van der Waals surface area (Å²) in [5.41, 5.74) is 8.32. The lowest BCUT2D eigenvalue weighted by Crippen LogP contribution is -2.75. The second kappa shape index (κ2) is 7.64. The minimum Gasteiger partial charge on any atom is -0.311 e. The van der Waals surface area contributed by atoms with Crippen LogP contribution in [0.2, 0.25) is 0 Å². The molecule has 0 saturated carbocycles. The molecule has 0 aromatic heterocycles. The van der Waals surface area contributed by atoms with Crippen LogP contribution in [0.3, 0.4) is 0 Å². The minimum atomic E-state index is -2.53. The summed E-state index contributed by atoms with van der Waals surface area (Å²) in [6.07, 6.45) is 2.58. The van der Waals surface area contributed by atoms with Gasteiger partial charge in [-0.3, -0.25) is 4.79 Å². The second-order valence-electron chi connectivity index (χ2n) is 10.3. The van der Waals surface area contributed by atoms with E-state index < -0.39 is 8.07 Å². The molecule has 0 N–H and O–H groups in total. The normalized spacial score (nSPS) is 16.0. The number of fused-ring (bicyclic) bond motifs is 10. The van der Waals surface area contributed by atoms with Crippen molar-refractivity contribution in [2.24, 2.45) is 0 Å². The highest BCUT2D eigenvalue weighted by Gasteiger charge is 2.53. The lowest BCUT2D eigenvalue weighted by molar-refractivity contribution is 0.0972. The lowest BCUT2D eigenvalue weighted by atomic mass is 9.90. The number of anilines is 3. The monoisotopic (exact) mass is 491 g/mol.